The maximum absolute atomic E-state index is 13.2. The fourth-order valence-electron chi connectivity index (χ4n) is 5.20. The van der Waals surface area contributed by atoms with Gasteiger partial charge in [-0.05, 0) is 41.7 Å². The summed E-state index contributed by atoms with van der Waals surface area (Å²) < 4.78 is 24.3. The molecule has 3 aromatic rings. The molecule has 6 atom stereocenters. The van der Waals surface area contributed by atoms with E-state index >= 15 is 0 Å². The van der Waals surface area contributed by atoms with E-state index in [-0.39, 0.29) is 41.3 Å². The summed E-state index contributed by atoms with van der Waals surface area (Å²) in [4.78, 5) is 13.5. The van der Waals surface area contributed by atoms with Crippen LogP contribution in [0, 0.1) is 0 Å². The van der Waals surface area contributed by atoms with E-state index in [4.69, 9.17) is 18.9 Å². The molecule has 5 rings (SSSR count). The minimum Gasteiger partial charge on any atom is -0.456 e. The molecule has 0 spiro atoms. The molecule has 196 valence electrons. The van der Waals surface area contributed by atoms with Gasteiger partial charge in [-0.15, -0.1) is 0 Å². The third-order valence-corrected chi connectivity index (χ3v) is 8.57. The SMILES string of the molecule is CC[C@@H](Br)[C@@H]1C[C@@H](OC(=O)c2cccc3ccccc23)[C@@H](C[C@H]2O[C@@H]2CCCOCc2ccccc2)O1. The molecule has 2 heterocycles. The van der Waals surface area contributed by atoms with Crippen molar-refractivity contribution in [1.29, 1.82) is 0 Å². The van der Waals surface area contributed by atoms with Crippen molar-refractivity contribution >= 4 is 32.7 Å². The highest BCUT2D eigenvalue weighted by Crippen LogP contribution is 2.38. The van der Waals surface area contributed by atoms with Gasteiger partial charge in [-0.2, -0.15) is 0 Å². The Hall–Kier alpha value is -2.25. The zero-order valence-electron chi connectivity index (χ0n) is 21.3. The van der Waals surface area contributed by atoms with Crippen LogP contribution in [-0.4, -0.2) is 47.9 Å². The van der Waals surface area contributed by atoms with Crippen LogP contribution in [0.1, 0.15) is 54.9 Å². The first-order chi connectivity index (χ1) is 18.1. The Bertz CT molecular complexity index is 1160. The number of epoxide rings is 1. The lowest BCUT2D eigenvalue weighted by molar-refractivity contribution is -0.0171. The van der Waals surface area contributed by atoms with Crippen molar-refractivity contribution in [3.8, 4) is 0 Å². The first-order valence-electron chi connectivity index (χ1n) is 13.4. The van der Waals surface area contributed by atoms with Crippen molar-refractivity contribution in [3.63, 3.8) is 0 Å². The Morgan fingerprint density at radius 1 is 0.973 bits per heavy atom. The van der Waals surface area contributed by atoms with E-state index in [2.05, 4.69) is 35.0 Å². The number of fused-ring (bicyclic) bond motifs is 1. The van der Waals surface area contributed by atoms with Gasteiger partial charge in [0.1, 0.15) is 6.10 Å². The second-order valence-corrected chi connectivity index (χ2v) is 11.1. The van der Waals surface area contributed by atoms with Crippen LogP contribution in [0.5, 0.6) is 0 Å². The molecule has 0 aliphatic carbocycles. The molecule has 0 bridgehead atoms. The van der Waals surface area contributed by atoms with Gasteiger partial charge in [0, 0.05) is 24.3 Å². The molecule has 0 unspecified atom stereocenters. The number of alkyl halides is 1. The summed E-state index contributed by atoms with van der Waals surface area (Å²) in [6, 6.07) is 23.9. The highest BCUT2D eigenvalue weighted by molar-refractivity contribution is 9.09. The molecular weight excluding hydrogens is 532 g/mol. The van der Waals surface area contributed by atoms with Crippen LogP contribution in [0.25, 0.3) is 10.8 Å². The molecule has 0 N–H and O–H groups in total. The number of ether oxygens (including phenoxy) is 4. The van der Waals surface area contributed by atoms with Gasteiger partial charge in [-0.3, -0.25) is 0 Å². The second-order valence-electron chi connectivity index (χ2n) is 9.97. The highest BCUT2D eigenvalue weighted by Gasteiger charge is 2.47. The number of benzene rings is 3. The van der Waals surface area contributed by atoms with E-state index in [1.54, 1.807) is 0 Å². The van der Waals surface area contributed by atoms with E-state index in [0.717, 1.165) is 43.1 Å². The second kappa shape index (κ2) is 12.5. The predicted octanol–water partition coefficient (Wildman–Crippen LogP) is 6.85. The fourth-order valence-corrected chi connectivity index (χ4v) is 5.54. The minimum atomic E-state index is -0.290. The van der Waals surface area contributed by atoms with Crippen molar-refractivity contribution in [2.45, 2.75) is 81.0 Å². The van der Waals surface area contributed by atoms with Gasteiger partial charge >= 0.3 is 5.97 Å². The van der Waals surface area contributed by atoms with Crippen molar-refractivity contribution < 1.29 is 23.7 Å². The Labute approximate surface area is 227 Å². The van der Waals surface area contributed by atoms with Crippen molar-refractivity contribution in [1.82, 2.24) is 0 Å². The maximum Gasteiger partial charge on any atom is 0.339 e. The number of rotatable bonds is 12. The number of carbonyl (C=O) groups excluding carboxylic acids is 1. The smallest absolute Gasteiger partial charge is 0.339 e. The summed E-state index contributed by atoms with van der Waals surface area (Å²) in [5.41, 5.74) is 1.79. The Balaban J connectivity index is 1.13. The summed E-state index contributed by atoms with van der Waals surface area (Å²) in [7, 11) is 0. The van der Waals surface area contributed by atoms with Crippen LogP contribution >= 0.6 is 15.9 Å². The van der Waals surface area contributed by atoms with Crippen LogP contribution in [0.3, 0.4) is 0 Å². The summed E-state index contributed by atoms with van der Waals surface area (Å²) in [5.74, 6) is -0.289. The van der Waals surface area contributed by atoms with Gasteiger partial charge in [0.15, 0.2) is 0 Å². The molecule has 0 aromatic heterocycles. The molecule has 0 radical (unpaired) electrons. The van der Waals surface area contributed by atoms with E-state index in [9.17, 15) is 4.79 Å². The lowest BCUT2D eigenvalue weighted by Gasteiger charge is -2.19. The zero-order chi connectivity index (χ0) is 25.6. The summed E-state index contributed by atoms with van der Waals surface area (Å²) in [6.45, 7) is 3.49. The number of halogens is 1. The average molecular weight is 568 g/mol. The topological polar surface area (TPSA) is 57.3 Å². The van der Waals surface area contributed by atoms with E-state index in [1.165, 1.54) is 5.56 Å². The molecule has 0 saturated carbocycles. The van der Waals surface area contributed by atoms with Crippen molar-refractivity contribution in [2.75, 3.05) is 6.61 Å². The number of esters is 1. The Morgan fingerprint density at radius 2 is 1.76 bits per heavy atom. The normalized spacial score (nSPS) is 25.7. The lowest BCUT2D eigenvalue weighted by Crippen LogP contribution is -2.29. The summed E-state index contributed by atoms with van der Waals surface area (Å²) >= 11 is 3.75. The van der Waals surface area contributed by atoms with Gasteiger partial charge in [-0.25, -0.2) is 4.79 Å². The van der Waals surface area contributed by atoms with Crippen LogP contribution in [0.15, 0.2) is 72.8 Å². The third-order valence-electron chi connectivity index (χ3n) is 7.33. The zero-order valence-corrected chi connectivity index (χ0v) is 22.8. The standard InChI is InChI=1S/C31H35BrO5/c1-2-25(32)27-18-30(37-31(33)24-15-8-13-22-12-6-7-14-23(22)24)29(36-27)19-28-26(35-28)16-9-17-34-20-21-10-4-3-5-11-21/h3-8,10-15,25-30H,2,9,16-20H2,1H3/t25-,26-,27+,28-,29-,30-/m1/s1. The van der Waals surface area contributed by atoms with Gasteiger partial charge in [0.25, 0.3) is 0 Å². The molecular formula is C31H35BrO5. The predicted molar refractivity (Wildman–Crippen MR) is 148 cm³/mol. The Morgan fingerprint density at radius 3 is 2.59 bits per heavy atom. The van der Waals surface area contributed by atoms with Gasteiger partial charge in [-0.1, -0.05) is 89.6 Å². The van der Waals surface area contributed by atoms with E-state index in [1.807, 2.05) is 60.7 Å². The Kier molecular flexibility index (Phi) is 8.93. The molecule has 6 heteroatoms. The van der Waals surface area contributed by atoms with Crippen LogP contribution in [0.2, 0.25) is 0 Å². The van der Waals surface area contributed by atoms with Gasteiger partial charge < -0.3 is 18.9 Å². The average Bonchev–Trinajstić information content (AvgIpc) is 3.56. The van der Waals surface area contributed by atoms with Crippen LogP contribution in [0.4, 0.5) is 0 Å². The quantitative estimate of drug-likeness (QED) is 0.104. The number of hydrogen-bond donors (Lipinski definition) is 0. The molecule has 0 amide bonds. The lowest BCUT2D eigenvalue weighted by atomic mass is 10.0. The molecule has 2 fully saturated rings. The molecule has 2 saturated heterocycles. The first kappa shape index (κ1) is 26.4. The van der Waals surface area contributed by atoms with E-state index < -0.39 is 0 Å². The van der Waals surface area contributed by atoms with E-state index in [0.29, 0.717) is 18.6 Å². The summed E-state index contributed by atoms with van der Waals surface area (Å²) in [6.07, 6.45) is 4.24. The number of hydrogen-bond acceptors (Lipinski definition) is 5. The molecule has 37 heavy (non-hydrogen) atoms. The molecule has 3 aromatic carbocycles. The van der Waals surface area contributed by atoms with Crippen LogP contribution < -0.4 is 0 Å². The number of carbonyl (C=O) groups is 1. The van der Waals surface area contributed by atoms with Gasteiger partial charge in [0.2, 0.25) is 0 Å². The molecule has 2 aliphatic rings. The molecule has 2 aliphatic heterocycles. The third kappa shape index (κ3) is 6.80. The van der Waals surface area contributed by atoms with Crippen molar-refractivity contribution in [2.24, 2.45) is 0 Å². The van der Waals surface area contributed by atoms with Gasteiger partial charge in [0.05, 0.1) is 36.6 Å². The molecule has 5 nitrogen and oxygen atoms in total. The maximum atomic E-state index is 13.2. The largest absolute Gasteiger partial charge is 0.456 e. The van der Waals surface area contributed by atoms with Crippen LogP contribution in [-0.2, 0) is 25.6 Å². The monoisotopic (exact) mass is 566 g/mol. The fraction of sp³-hybridized carbons (Fsp3) is 0.452. The van der Waals surface area contributed by atoms with Crippen molar-refractivity contribution in [3.05, 3.63) is 83.9 Å². The minimum absolute atomic E-state index is 0.0175. The summed E-state index contributed by atoms with van der Waals surface area (Å²) in [5, 5.41) is 1.94. The highest BCUT2D eigenvalue weighted by atomic mass is 79.9. The first-order valence-corrected chi connectivity index (χ1v) is 14.3.